The van der Waals surface area contributed by atoms with Crippen molar-refractivity contribution >= 4 is 11.6 Å². The topological polar surface area (TPSA) is 85.6 Å². The Morgan fingerprint density at radius 1 is 1.29 bits per heavy atom. The summed E-state index contributed by atoms with van der Waals surface area (Å²) in [7, 11) is 0. The number of nitro groups is 1. The highest BCUT2D eigenvalue weighted by Gasteiger charge is 2.26. The molecule has 0 saturated carbocycles. The first-order valence-corrected chi connectivity index (χ1v) is 7.74. The third-order valence-corrected chi connectivity index (χ3v) is 3.92. The minimum absolute atomic E-state index is 0.0811. The standard InChI is InChI=1S/C17H17N3O4/c21-17(13-3-1-4-14(11-13)20(22)23)19-10-2-5-16(12-19)24-15-6-8-18-9-7-15/h1,3-4,6-9,11,16H,2,5,10,12H2. The Hall–Kier alpha value is -2.96. The fraction of sp³-hybridized carbons (Fsp3) is 0.294. The van der Waals surface area contributed by atoms with Crippen LogP contribution in [-0.4, -0.2) is 39.9 Å². The lowest BCUT2D eigenvalue weighted by molar-refractivity contribution is -0.384. The Kier molecular flexibility index (Phi) is 4.69. The molecule has 7 heteroatoms. The summed E-state index contributed by atoms with van der Waals surface area (Å²) < 4.78 is 5.89. The lowest BCUT2D eigenvalue weighted by Crippen LogP contribution is -2.44. The molecule has 1 aliphatic rings. The van der Waals surface area contributed by atoms with Crippen LogP contribution >= 0.6 is 0 Å². The van der Waals surface area contributed by atoms with E-state index in [1.54, 1.807) is 35.5 Å². The maximum absolute atomic E-state index is 12.6. The molecule has 1 atom stereocenters. The SMILES string of the molecule is O=C(c1cccc([N+](=O)[O-])c1)N1CCCC(Oc2ccncc2)C1. The number of rotatable bonds is 4. The van der Waals surface area contributed by atoms with Gasteiger partial charge in [0.05, 0.1) is 11.5 Å². The number of nitro benzene ring substituents is 1. The largest absolute Gasteiger partial charge is 0.488 e. The van der Waals surface area contributed by atoms with Crippen molar-refractivity contribution in [3.05, 3.63) is 64.5 Å². The molecule has 1 amide bonds. The van der Waals surface area contributed by atoms with Gasteiger partial charge in [0.1, 0.15) is 11.9 Å². The number of hydrogen-bond donors (Lipinski definition) is 0. The second kappa shape index (κ2) is 7.08. The molecule has 0 aliphatic carbocycles. The smallest absolute Gasteiger partial charge is 0.270 e. The fourth-order valence-electron chi connectivity index (χ4n) is 2.76. The summed E-state index contributed by atoms with van der Waals surface area (Å²) in [6.45, 7) is 1.08. The molecular weight excluding hydrogens is 310 g/mol. The molecular formula is C17H17N3O4. The first-order chi connectivity index (χ1) is 11.6. The Labute approximate surface area is 139 Å². The summed E-state index contributed by atoms with van der Waals surface area (Å²) in [5.41, 5.74) is 0.246. The lowest BCUT2D eigenvalue weighted by atomic mass is 10.1. The number of pyridine rings is 1. The zero-order valence-electron chi connectivity index (χ0n) is 13.0. The second-order valence-corrected chi connectivity index (χ2v) is 5.62. The lowest BCUT2D eigenvalue weighted by Gasteiger charge is -2.33. The minimum Gasteiger partial charge on any atom is -0.488 e. The number of carbonyl (C=O) groups excluding carboxylic acids is 1. The highest BCUT2D eigenvalue weighted by atomic mass is 16.6. The predicted octanol–water partition coefficient (Wildman–Crippen LogP) is 2.67. The summed E-state index contributed by atoms with van der Waals surface area (Å²) in [5.74, 6) is 0.515. The van der Waals surface area contributed by atoms with Gasteiger partial charge in [0.25, 0.3) is 11.6 Å². The molecule has 1 aromatic heterocycles. The molecule has 1 aromatic carbocycles. The highest BCUT2D eigenvalue weighted by molar-refractivity contribution is 5.94. The third-order valence-electron chi connectivity index (χ3n) is 3.92. The van der Waals surface area contributed by atoms with Gasteiger partial charge in [-0.3, -0.25) is 19.9 Å². The van der Waals surface area contributed by atoms with Crippen LogP contribution < -0.4 is 4.74 Å². The Morgan fingerprint density at radius 2 is 2.08 bits per heavy atom. The molecule has 2 heterocycles. The van der Waals surface area contributed by atoms with Gasteiger partial charge in [0.15, 0.2) is 0 Å². The van der Waals surface area contributed by atoms with Crippen LogP contribution in [0.15, 0.2) is 48.8 Å². The van der Waals surface area contributed by atoms with E-state index in [-0.39, 0.29) is 17.7 Å². The number of ether oxygens (including phenoxy) is 1. The normalized spacial score (nSPS) is 17.3. The zero-order chi connectivity index (χ0) is 16.9. The number of carbonyl (C=O) groups is 1. The van der Waals surface area contributed by atoms with Crippen molar-refractivity contribution in [3.63, 3.8) is 0 Å². The molecule has 0 spiro atoms. The molecule has 0 N–H and O–H groups in total. The van der Waals surface area contributed by atoms with Crippen molar-refractivity contribution in [2.75, 3.05) is 13.1 Å². The molecule has 24 heavy (non-hydrogen) atoms. The van der Waals surface area contributed by atoms with Gasteiger partial charge in [-0.05, 0) is 31.0 Å². The van der Waals surface area contributed by atoms with Gasteiger partial charge in [0.2, 0.25) is 0 Å². The van der Waals surface area contributed by atoms with Crippen LogP contribution in [0, 0.1) is 10.1 Å². The van der Waals surface area contributed by atoms with E-state index in [2.05, 4.69) is 4.98 Å². The van der Waals surface area contributed by atoms with Crippen LogP contribution in [0.2, 0.25) is 0 Å². The first-order valence-electron chi connectivity index (χ1n) is 7.74. The third kappa shape index (κ3) is 3.68. The quantitative estimate of drug-likeness (QED) is 0.636. The zero-order valence-corrected chi connectivity index (χ0v) is 13.0. The molecule has 1 aliphatic heterocycles. The highest BCUT2D eigenvalue weighted by Crippen LogP contribution is 2.20. The van der Waals surface area contributed by atoms with Crippen LogP contribution in [0.25, 0.3) is 0 Å². The van der Waals surface area contributed by atoms with E-state index >= 15 is 0 Å². The Balaban J connectivity index is 1.69. The molecule has 1 saturated heterocycles. The number of aromatic nitrogens is 1. The van der Waals surface area contributed by atoms with Crippen molar-refractivity contribution < 1.29 is 14.5 Å². The van der Waals surface area contributed by atoms with E-state index in [0.717, 1.165) is 18.6 Å². The summed E-state index contributed by atoms with van der Waals surface area (Å²) in [5, 5.41) is 10.9. The van der Waals surface area contributed by atoms with Crippen molar-refractivity contribution in [1.29, 1.82) is 0 Å². The maximum Gasteiger partial charge on any atom is 0.270 e. The predicted molar refractivity (Wildman–Crippen MR) is 86.9 cm³/mol. The van der Waals surface area contributed by atoms with Crippen molar-refractivity contribution in [3.8, 4) is 5.75 Å². The molecule has 3 rings (SSSR count). The second-order valence-electron chi connectivity index (χ2n) is 5.62. The number of non-ortho nitro benzene ring substituents is 1. The van der Waals surface area contributed by atoms with Crippen LogP contribution in [0.4, 0.5) is 5.69 Å². The summed E-state index contributed by atoms with van der Waals surface area (Å²) in [6, 6.07) is 9.38. The molecule has 2 aromatic rings. The number of likely N-dealkylation sites (tertiary alicyclic amines) is 1. The molecule has 0 radical (unpaired) electrons. The number of amides is 1. The van der Waals surface area contributed by atoms with Gasteiger partial charge >= 0.3 is 0 Å². The van der Waals surface area contributed by atoms with E-state index in [0.29, 0.717) is 18.7 Å². The van der Waals surface area contributed by atoms with Gasteiger partial charge in [-0.1, -0.05) is 6.07 Å². The first kappa shape index (κ1) is 15.9. The summed E-state index contributed by atoms with van der Waals surface area (Å²) in [4.78, 5) is 28.6. The van der Waals surface area contributed by atoms with Crippen LogP contribution in [0.5, 0.6) is 5.75 Å². The monoisotopic (exact) mass is 327 g/mol. The van der Waals surface area contributed by atoms with Crippen LogP contribution in [0.3, 0.4) is 0 Å². The molecule has 124 valence electrons. The van der Waals surface area contributed by atoms with E-state index in [1.807, 2.05) is 0 Å². The van der Waals surface area contributed by atoms with E-state index in [1.165, 1.54) is 18.2 Å². The number of piperidine rings is 1. The molecule has 7 nitrogen and oxygen atoms in total. The molecule has 0 bridgehead atoms. The van der Waals surface area contributed by atoms with Crippen molar-refractivity contribution in [2.45, 2.75) is 18.9 Å². The van der Waals surface area contributed by atoms with E-state index < -0.39 is 4.92 Å². The van der Waals surface area contributed by atoms with Crippen molar-refractivity contribution in [2.24, 2.45) is 0 Å². The fourth-order valence-corrected chi connectivity index (χ4v) is 2.76. The summed E-state index contributed by atoms with van der Waals surface area (Å²) in [6.07, 6.45) is 4.91. The van der Waals surface area contributed by atoms with E-state index in [9.17, 15) is 14.9 Å². The average Bonchev–Trinajstić information content (AvgIpc) is 2.62. The number of nitrogens with zero attached hydrogens (tertiary/aromatic N) is 3. The maximum atomic E-state index is 12.6. The Morgan fingerprint density at radius 3 is 2.83 bits per heavy atom. The van der Waals surface area contributed by atoms with Crippen molar-refractivity contribution in [1.82, 2.24) is 9.88 Å². The molecule has 1 fully saturated rings. The Bertz CT molecular complexity index is 736. The van der Waals surface area contributed by atoms with Crippen LogP contribution in [0.1, 0.15) is 23.2 Å². The average molecular weight is 327 g/mol. The van der Waals surface area contributed by atoms with Gasteiger partial charge in [-0.15, -0.1) is 0 Å². The number of hydrogen-bond acceptors (Lipinski definition) is 5. The number of benzene rings is 1. The minimum atomic E-state index is -0.498. The van der Waals surface area contributed by atoms with Gasteiger partial charge < -0.3 is 9.64 Å². The van der Waals surface area contributed by atoms with Gasteiger partial charge in [0, 0.05) is 36.6 Å². The summed E-state index contributed by atoms with van der Waals surface area (Å²) >= 11 is 0. The van der Waals surface area contributed by atoms with Gasteiger partial charge in [-0.2, -0.15) is 0 Å². The van der Waals surface area contributed by atoms with E-state index in [4.69, 9.17) is 4.74 Å². The van der Waals surface area contributed by atoms with Gasteiger partial charge in [-0.25, -0.2) is 0 Å². The molecule has 1 unspecified atom stereocenters. The van der Waals surface area contributed by atoms with Crippen LogP contribution in [-0.2, 0) is 0 Å².